The second kappa shape index (κ2) is 8.63. The van der Waals surface area contributed by atoms with Gasteiger partial charge in [-0.25, -0.2) is 4.98 Å². The van der Waals surface area contributed by atoms with Gasteiger partial charge in [-0.3, -0.25) is 9.97 Å². The fourth-order valence-electron chi connectivity index (χ4n) is 8.30. The number of nitrogens with zero attached hydrogens (tertiary/aromatic N) is 3. The molecule has 3 aromatic heterocycles. The molecule has 0 aliphatic heterocycles. The summed E-state index contributed by atoms with van der Waals surface area (Å²) in [6, 6.07) is 33.5. The van der Waals surface area contributed by atoms with Gasteiger partial charge >= 0.3 is 0 Å². The normalized spacial score (nSPS) is 16.8. The monoisotopic (exact) mass is 581 g/mol. The van der Waals surface area contributed by atoms with E-state index in [1.807, 2.05) is 12.4 Å². The number of pyridine rings is 3. The van der Waals surface area contributed by atoms with Gasteiger partial charge in [0.25, 0.3) is 0 Å². The van der Waals surface area contributed by atoms with Crippen LogP contribution in [0.25, 0.3) is 56.2 Å². The van der Waals surface area contributed by atoms with Crippen LogP contribution in [0.15, 0.2) is 103 Å². The molecule has 6 aromatic rings. The van der Waals surface area contributed by atoms with Crippen LogP contribution in [0.5, 0.6) is 0 Å². The second-order valence-electron chi connectivity index (χ2n) is 14.6. The first-order chi connectivity index (χ1) is 21.6. The Hall–Kier alpha value is -4.89. The smallest absolute Gasteiger partial charge is 0.0930 e. The lowest BCUT2D eigenvalue weighted by atomic mass is 9.80. The highest BCUT2D eigenvalue weighted by atomic mass is 14.8. The first-order valence-electron chi connectivity index (χ1n) is 15.9. The number of rotatable bonds is 2. The number of hydrogen-bond donors (Lipinski definition) is 0. The lowest BCUT2D eigenvalue weighted by molar-refractivity contribution is 0.657. The Morgan fingerprint density at radius 1 is 0.400 bits per heavy atom. The van der Waals surface area contributed by atoms with Crippen LogP contribution >= 0.6 is 0 Å². The zero-order chi connectivity index (χ0) is 30.9. The van der Waals surface area contributed by atoms with Crippen LogP contribution in [0.4, 0.5) is 0 Å². The van der Waals surface area contributed by atoms with Crippen molar-refractivity contribution in [1.82, 2.24) is 15.0 Å². The first kappa shape index (κ1) is 26.5. The molecule has 3 aliphatic carbocycles. The van der Waals surface area contributed by atoms with E-state index in [0.29, 0.717) is 0 Å². The fourth-order valence-corrected chi connectivity index (χ4v) is 8.30. The van der Waals surface area contributed by atoms with Crippen molar-refractivity contribution >= 4 is 0 Å². The van der Waals surface area contributed by atoms with Gasteiger partial charge in [-0.15, -0.1) is 0 Å². The lowest BCUT2D eigenvalue weighted by Gasteiger charge is -2.23. The summed E-state index contributed by atoms with van der Waals surface area (Å²) >= 11 is 0. The Bertz CT molecular complexity index is 2250. The Kier molecular flexibility index (Phi) is 5.09. The average molecular weight is 582 g/mol. The summed E-state index contributed by atoms with van der Waals surface area (Å²) in [5.74, 6) is 0. The highest BCUT2D eigenvalue weighted by Gasteiger charge is 2.40. The Morgan fingerprint density at radius 2 is 0.933 bits per heavy atom. The van der Waals surface area contributed by atoms with Crippen LogP contribution in [0.1, 0.15) is 74.9 Å². The highest BCUT2D eigenvalue weighted by molar-refractivity contribution is 5.85. The molecule has 0 fully saturated rings. The van der Waals surface area contributed by atoms with Gasteiger partial charge in [0, 0.05) is 45.3 Å². The van der Waals surface area contributed by atoms with E-state index in [9.17, 15) is 0 Å². The van der Waals surface area contributed by atoms with Gasteiger partial charge in [-0.1, -0.05) is 108 Å². The largest absolute Gasteiger partial charge is 0.254 e. The summed E-state index contributed by atoms with van der Waals surface area (Å²) in [6.07, 6.45) is 4.00. The second-order valence-corrected chi connectivity index (χ2v) is 14.6. The van der Waals surface area contributed by atoms with Crippen molar-refractivity contribution in [2.24, 2.45) is 0 Å². The Balaban J connectivity index is 1.10. The molecule has 45 heavy (non-hydrogen) atoms. The third-order valence-corrected chi connectivity index (χ3v) is 11.0. The molecule has 3 heterocycles. The standard InChI is InChI=1S/C42H35N3/c1-40(2)31-14-10-8-12-29(31)37-32(40)17-18-36(45-37)26-21-35-39(44-23-26)38-34(42(35,5)6)20-25(22-43-38)24-15-16-28-27-11-7-9-13-30(27)41(3,4)33(28)19-24/h7-23H,1-6H3. The Labute approximate surface area is 265 Å². The van der Waals surface area contributed by atoms with E-state index >= 15 is 0 Å². The third-order valence-electron chi connectivity index (χ3n) is 11.0. The molecular weight excluding hydrogens is 546 g/mol. The van der Waals surface area contributed by atoms with Crippen molar-refractivity contribution in [2.45, 2.75) is 57.8 Å². The molecule has 3 aromatic carbocycles. The van der Waals surface area contributed by atoms with Crippen LogP contribution in [-0.2, 0) is 16.2 Å². The van der Waals surface area contributed by atoms with Gasteiger partial charge in [0.2, 0.25) is 0 Å². The topological polar surface area (TPSA) is 38.7 Å². The molecule has 0 atom stereocenters. The Morgan fingerprint density at radius 3 is 1.67 bits per heavy atom. The maximum absolute atomic E-state index is 5.24. The summed E-state index contributed by atoms with van der Waals surface area (Å²) in [5, 5.41) is 0. The molecule has 0 spiro atoms. The number of aromatic nitrogens is 3. The minimum absolute atomic E-state index is 0.0364. The van der Waals surface area contributed by atoms with Crippen LogP contribution in [0.2, 0.25) is 0 Å². The van der Waals surface area contributed by atoms with Gasteiger partial charge in [-0.05, 0) is 74.3 Å². The average Bonchev–Trinajstić information content (AvgIpc) is 3.53. The minimum Gasteiger partial charge on any atom is -0.254 e. The molecule has 3 heteroatoms. The van der Waals surface area contributed by atoms with Crippen molar-refractivity contribution in [3.05, 3.63) is 137 Å². The molecule has 0 unspecified atom stereocenters. The van der Waals surface area contributed by atoms with Crippen molar-refractivity contribution in [1.29, 1.82) is 0 Å². The summed E-state index contributed by atoms with van der Waals surface area (Å²) in [6.45, 7) is 13.8. The molecule has 0 amide bonds. The van der Waals surface area contributed by atoms with Crippen molar-refractivity contribution < 1.29 is 0 Å². The molecule has 0 N–H and O–H groups in total. The summed E-state index contributed by atoms with van der Waals surface area (Å²) in [7, 11) is 0. The van der Waals surface area contributed by atoms with Crippen LogP contribution < -0.4 is 0 Å². The van der Waals surface area contributed by atoms with E-state index in [2.05, 4.69) is 133 Å². The number of hydrogen-bond acceptors (Lipinski definition) is 3. The zero-order valence-electron chi connectivity index (χ0n) is 26.7. The molecule has 218 valence electrons. The van der Waals surface area contributed by atoms with E-state index in [0.717, 1.165) is 33.9 Å². The van der Waals surface area contributed by atoms with Gasteiger partial charge < -0.3 is 0 Å². The minimum atomic E-state index is -0.242. The fraction of sp³-hybridized carbons (Fsp3) is 0.214. The lowest BCUT2D eigenvalue weighted by Crippen LogP contribution is -2.16. The maximum Gasteiger partial charge on any atom is 0.0930 e. The predicted molar refractivity (Wildman–Crippen MR) is 183 cm³/mol. The van der Waals surface area contributed by atoms with Gasteiger partial charge in [0.1, 0.15) is 0 Å². The SMILES string of the molecule is CC1(C)c2ccccc2-c2ccc(-c3cnc4c(c3)C(C)(C)c3cc(-c5ccc6c(n5)-c5ccccc5C6(C)C)cnc3-4)cc21. The summed E-state index contributed by atoms with van der Waals surface area (Å²) in [4.78, 5) is 15.3. The van der Waals surface area contributed by atoms with Crippen molar-refractivity contribution in [3.63, 3.8) is 0 Å². The predicted octanol–water partition coefficient (Wildman–Crippen LogP) is 10.1. The molecule has 0 bridgehead atoms. The van der Waals surface area contributed by atoms with E-state index in [-0.39, 0.29) is 16.2 Å². The van der Waals surface area contributed by atoms with Crippen molar-refractivity contribution in [3.8, 4) is 56.2 Å². The molecule has 3 nitrogen and oxygen atoms in total. The molecule has 0 saturated heterocycles. The molecule has 3 aliphatic rings. The van der Waals surface area contributed by atoms with Crippen LogP contribution in [-0.4, -0.2) is 15.0 Å². The maximum atomic E-state index is 5.24. The van der Waals surface area contributed by atoms with Gasteiger partial charge in [-0.2, -0.15) is 0 Å². The summed E-state index contributed by atoms with van der Waals surface area (Å²) in [5.41, 5.74) is 18.8. The number of fused-ring (bicyclic) bond motifs is 9. The third kappa shape index (κ3) is 3.44. The number of benzene rings is 3. The van der Waals surface area contributed by atoms with E-state index < -0.39 is 0 Å². The van der Waals surface area contributed by atoms with Crippen LogP contribution in [0.3, 0.4) is 0 Å². The zero-order valence-corrected chi connectivity index (χ0v) is 26.7. The van der Waals surface area contributed by atoms with Crippen LogP contribution in [0, 0.1) is 0 Å². The molecule has 0 saturated carbocycles. The molecule has 9 rings (SSSR count). The molecular formula is C42H35N3. The quantitative estimate of drug-likeness (QED) is 0.204. The van der Waals surface area contributed by atoms with Gasteiger partial charge in [0.15, 0.2) is 0 Å². The van der Waals surface area contributed by atoms with E-state index in [1.54, 1.807) is 0 Å². The summed E-state index contributed by atoms with van der Waals surface area (Å²) < 4.78 is 0. The van der Waals surface area contributed by atoms with Crippen molar-refractivity contribution in [2.75, 3.05) is 0 Å². The molecule has 0 radical (unpaired) electrons. The first-order valence-corrected chi connectivity index (χ1v) is 15.9. The highest BCUT2D eigenvalue weighted by Crippen LogP contribution is 2.52. The van der Waals surface area contributed by atoms with Gasteiger partial charge in [0.05, 0.1) is 22.8 Å². The van der Waals surface area contributed by atoms with E-state index in [4.69, 9.17) is 15.0 Å². The van der Waals surface area contributed by atoms with E-state index in [1.165, 1.54) is 55.6 Å².